The van der Waals surface area contributed by atoms with Crippen molar-refractivity contribution < 1.29 is 33.6 Å². The van der Waals surface area contributed by atoms with Crippen LogP contribution in [0.5, 0.6) is 17.2 Å². The van der Waals surface area contributed by atoms with Crippen LogP contribution in [-0.4, -0.2) is 38.4 Å². The summed E-state index contributed by atoms with van der Waals surface area (Å²) in [7, 11) is 4.14. The summed E-state index contributed by atoms with van der Waals surface area (Å²) in [6, 6.07) is 10.2. The lowest BCUT2D eigenvalue weighted by Crippen LogP contribution is -2.04. The fraction of sp³-hybridized carbons (Fsp3) is 0.200. The zero-order valence-electron chi connectivity index (χ0n) is 15.2. The maximum Gasteiger partial charge on any atom is 0.339 e. The highest BCUT2D eigenvalue weighted by Gasteiger charge is 2.17. The van der Waals surface area contributed by atoms with Gasteiger partial charge < -0.3 is 24.1 Å². The Balaban J connectivity index is 2.13. The first kappa shape index (κ1) is 19.8. The van der Waals surface area contributed by atoms with Gasteiger partial charge in [0.05, 0.1) is 21.3 Å². The van der Waals surface area contributed by atoms with Gasteiger partial charge in [-0.05, 0) is 17.2 Å². The van der Waals surface area contributed by atoms with Crippen molar-refractivity contribution in [3.63, 3.8) is 0 Å². The van der Waals surface area contributed by atoms with Gasteiger partial charge in [-0.2, -0.15) is 0 Å². The van der Waals surface area contributed by atoms with Crippen molar-refractivity contribution in [1.82, 2.24) is 0 Å². The summed E-state index contributed by atoms with van der Waals surface area (Å²) in [5, 5.41) is 9.22. The third-order valence-electron chi connectivity index (χ3n) is 3.70. The molecule has 0 saturated carbocycles. The third-order valence-corrected chi connectivity index (χ3v) is 3.70. The molecule has 27 heavy (non-hydrogen) atoms. The SMILES string of the molecule is COC(=O)/C=C/c1ccc(COc2cc(OC)c(C(=O)O)cc2OC)cc1. The van der Waals surface area contributed by atoms with Gasteiger partial charge in [0, 0.05) is 18.2 Å². The first-order valence-electron chi connectivity index (χ1n) is 7.95. The lowest BCUT2D eigenvalue weighted by Gasteiger charge is -2.14. The lowest BCUT2D eigenvalue weighted by molar-refractivity contribution is -0.134. The van der Waals surface area contributed by atoms with E-state index in [0.717, 1.165) is 11.1 Å². The Bertz CT molecular complexity index is 838. The van der Waals surface area contributed by atoms with Gasteiger partial charge >= 0.3 is 11.9 Å². The molecule has 142 valence electrons. The smallest absolute Gasteiger partial charge is 0.339 e. The fourth-order valence-electron chi connectivity index (χ4n) is 2.27. The molecule has 0 aromatic heterocycles. The molecule has 2 aromatic rings. The Labute approximate surface area is 156 Å². The van der Waals surface area contributed by atoms with Crippen LogP contribution >= 0.6 is 0 Å². The quantitative estimate of drug-likeness (QED) is 0.562. The number of carboxylic acid groups (broad SMARTS) is 1. The minimum absolute atomic E-state index is 0.0107. The normalized spacial score (nSPS) is 10.5. The summed E-state index contributed by atoms with van der Waals surface area (Å²) in [6.07, 6.45) is 2.99. The van der Waals surface area contributed by atoms with E-state index >= 15 is 0 Å². The molecular weight excluding hydrogens is 352 g/mol. The standard InChI is InChI=1S/C20H20O7/c1-24-16-11-18(17(25-2)10-15(16)20(22)23)27-12-14-6-4-13(5-7-14)8-9-19(21)26-3/h4-11H,12H2,1-3H3,(H,22,23)/b9-8+. The molecule has 0 heterocycles. The summed E-state index contributed by atoms with van der Waals surface area (Å²) >= 11 is 0. The number of benzene rings is 2. The molecule has 0 atom stereocenters. The van der Waals surface area contributed by atoms with E-state index in [1.165, 1.54) is 39.5 Å². The van der Waals surface area contributed by atoms with E-state index in [2.05, 4.69) is 4.74 Å². The van der Waals surface area contributed by atoms with Crippen molar-refractivity contribution in [2.24, 2.45) is 0 Å². The van der Waals surface area contributed by atoms with Gasteiger partial charge in [0.1, 0.15) is 17.9 Å². The molecule has 0 fully saturated rings. The van der Waals surface area contributed by atoms with E-state index in [-0.39, 0.29) is 17.9 Å². The van der Waals surface area contributed by atoms with Crippen LogP contribution in [0.4, 0.5) is 0 Å². The minimum atomic E-state index is -1.12. The van der Waals surface area contributed by atoms with Crippen LogP contribution in [0.15, 0.2) is 42.5 Å². The Hall–Kier alpha value is -3.48. The van der Waals surface area contributed by atoms with E-state index < -0.39 is 11.9 Å². The van der Waals surface area contributed by atoms with Crippen molar-refractivity contribution in [3.05, 3.63) is 59.2 Å². The monoisotopic (exact) mass is 372 g/mol. The van der Waals surface area contributed by atoms with Crippen LogP contribution in [0.2, 0.25) is 0 Å². The second-order valence-electron chi connectivity index (χ2n) is 5.40. The highest BCUT2D eigenvalue weighted by atomic mass is 16.5. The summed E-state index contributed by atoms with van der Waals surface area (Å²) in [6.45, 7) is 0.243. The molecule has 1 N–H and O–H groups in total. The van der Waals surface area contributed by atoms with Gasteiger partial charge in [0.25, 0.3) is 0 Å². The molecule has 7 heteroatoms. The minimum Gasteiger partial charge on any atom is -0.496 e. The molecule has 2 rings (SSSR count). The summed E-state index contributed by atoms with van der Waals surface area (Å²) < 4.78 is 20.6. The number of esters is 1. The number of carboxylic acids is 1. The molecule has 7 nitrogen and oxygen atoms in total. The third kappa shape index (κ3) is 5.24. The second-order valence-corrected chi connectivity index (χ2v) is 5.40. The van der Waals surface area contributed by atoms with Crippen LogP contribution in [-0.2, 0) is 16.1 Å². The Kier molecular flexibility index (Phi) is 6.82. The average Bonchev–Trinajstić information content (AvgIpc) is 2.70. The summed E-state index contributed by atoms with van der Waals surface area (Å²) in [4.78, 5) is 22.4. The largest absolute Gasteiger partial charge is 0.496 e. The number of hydrogen-bond acceptors (Lipinski definition) is 6. The fourth-order valence-corrected chi connectivity index (χ4v) is 2.27. The van der Waals surface area contributed by atoms with E-state index in [1.54, 1.807) is 6.08 Å². The van der Waals surface area contributed by atoms with Gasteiger partial charge in [-0.25, -0.2) is 9.59 Å². The summed E-state index contributed by atoms with van der Waals surface area (Å²) in [5.41, 5.74) is 1.71. The molecule has 0 aliphatic heterocycles. The molecule has 0 spiro atoms. The number of carbonyl (C=O) groups is 2. The average molecular weight is 372 g/mol. The maximum atomic E-state index is 11.3. The topological polar surface area (TPSA) is 91.3 Å². The first-order chi connectivity index (χ1) is 13.0. The van der Waals surface area contributed by atoms with E-state index in [0.29, 0.717) is 11.5 Å². The van der Waals surface area contributed by atoms with E-state index in [9.17, 15) is 14.7 Å². The van der Waals surface area contributed by atoms with E-state index in [1.807, 2.05) is 24.3 Å². The predicted molar refractivity (Wildman–Crippen MR) is 98.3 cm³/mol. The number of rotatable bonds is 8. The zero-order valence-corrected chi connectivity index (χ0v) is 15.2. The van der Waals surface area contributed by atoms with Gasteiger partial charge in [-0.1, -0.05) is 24.3 Å². The number of carbonyl (C=O) groups excluding carboxylic acids is 1. The summed E-state index contributed by atoms with van der Waals surface area (Å²) in [5.74, 6) is -0.693. The van der Waals surface area contributed by atoms with Crippen molar-refractivity contribution in [2.75, 3.05) is 21.3 Å². The van der Waals surface area contributed by atoms with Crippen molar-refractivity contribution >= 4 is 18.0 Å². The van der Waals surface area contributed by atoms with Gasteiger partial charge in [0.15, 0.2) is 11.5 Å². The molecule has 0 unspecified atom stereocenters. The Morgan fingerprint density at radius 3 is 2.19 bits per heavy atom. The van der Waals surface area contributed by atoms with Crippen molar-refractivity contribution in [2.45, 2.75) is 6.61 Å². The first-order valence-corrected chi connectivity index (χ1v) is 7.95. The van der Waals surface area contributed by atoms with Gasteiger partial charge in [0.2, 0.25) is 0 Å². The number of ether oxygens (including phenoxy) is 4. The van der Waals surface area contributed by atoms with Crippen molar-refractivity contribution in [1.29, 1.82) is 0 Å². The molecule has 0 aliphatic rings. The number of hydrogen-bond donors (Lipinski definition) is 1. The van der Waals surface area contributed by atoms with Crippen LogP contribution in [0, 0.1) is 0 Å². The molecule has 2 aromatic carbocycles. The highest BCUT2D eigenvalue weighted by molar-refractivity contribution is 5.92. The molecule has 0 bridgehead atoms. The molecule has 0 amide bonds. The maximum absolute atomic E-state index is 11.3. The predicted octanol–water partition coefficient (Wildman–Crippen LogP) is 3.17. The Morgan fingerprint density at radius 1 is 0.963 bits per heavy atom. The zero-order chi connectivity index (χ0) is 19.8. The Morgan fingerprint density at radius 2 is 1.63 bits per heavy atom. The lowest BCUT2D eigenvalue weighted by atomic mass is 10.1. The van der Waals surface area contributed by atoms with Crippen molar-refractivity contribution in [3.8, 4) is 17.2 Å². The van der Waals surface area contributed by atoms with E-state index in [4.69, 9.17) is 14.2 Å². The van der Waals surface area contributed by atoms with Gasteiger partial charge in [-0.15, -0.1) is 0 Å². The molecular formula is C20H20O7. The highest BCUT2D eigenvalue weighted by Crippen LogP contribution is 2.35. The molecule has 0 radical (unpaired) electrons. The van der Waals surface area contributed by atoms with Crippen LogP contribution in [0.1, 0.15) is 21.5 Å². The van der Waals surface area contributed by atoms with Crippen LogP contribution in [0.3, 0.4) is 0 Å². The van der Waals surface area contributed by atoms with Gasteiger partial charge in [-0.3, -0.25) is 0 Å². The molecule has 0 aliphatic carbocycles. The molecule has 0 saturated heterocycles. The van der Waals surface area contributed by atoms with Crippen LogP contribution in [0.25, 0.3) is 6.08 Å². The number of methoxy groups -OCH3 is 3. The number of aromatic carboxylic acids is 1. The van der Waals surface area contributed by atoms with Crippen LogP contribution < -0.4 is 14.2 Å². The second kappa shape index (κ2) is 9.28.